The van der Waals surface area contributed by atoms with Crippen LogP contribution < -0.4 is 5.46 Å². The second-order valence-corrected chi connectivity index (χ2v) is 6.74. The van der Waals surface area contributed by atoms with Crippen LogP contribution in [0.2, 0.25) is 5.15 Å². The van der Waals surface area contributed by atoms with Gasteiger partial charge in [-0.1, -0.05) is 31.5 Å². The Hall–Kier alpha value is -0.575. The molecule has 2 rings (SSSR count). The molecule has 0 radical (unpaired) electrons. The molecule has 1 aliphatic rings. The highest BCUT2D eigenvalue weighted by molar-refractivity contribution is 6.62. The maximum atomic E-state index is 6.08. The number of nitrogens with zero attached hydrogens (tertiary/aromatic N) is 1. The van der Waals surface area contributed by atoms with E-state index < -0.39 is 0 Å². The van der Waals surface area contributed by atoms with E-state index in [1.165, 1.54) is 0 Å². The summed E-state index contributed by atoms with van der Waals surface area (Å²) in [6, 6.07) is 3.74. The first kappa shape index (κ1) is 14.8. The maximum absolute atomic E-state index is 6.08. The molecule has 0 atom stereocenters. The van der Waals surface area contributed by atoms with E-state index in [0.29, 0.717) is 5.15 Å². The van der Waals surface area contributed by atoms with Crippen LogP contribution >= 0.6 is 11.6 Å². The Labute approximate surface area is 120 Å². The summed E-state index contributed by atoms with van der Waals surface area (Å²) in [5.41, 5.74) is 1.22. The Bertz CT molecular complexity index is 472. The summed E-state index contributed by atoms with van der Waals surface area (Å²) in [6.45, 7) is 12.4. The Kier molecular flexibility index (Phi) is 3.71. The lowest BCUT2D eigenvalue weighted by Crippen LogP contribution is -2.41. The van der Waals surface area contributed by atoms with Crippen molar-refractivity contribution in [2.24, 2.45) is 0 Å². The van der Waals surface area contributed by atoms with Gasteiger partial charge in [-0.2, -0.15) is 0 Å². The number of halogens is 1. The Morgan fingerprint density at radius 2 is 1.63 bits per heavy atom. The number of pyridine rings is 1. The minimum atomic E-state index is -0.382. The molecule has 104 valence electrons. The largest absolute Gasteiger partial charge is 0.496 e. The van der Waals surface area contributed by atoms with Crippen molar-refractivity contribution < 1.29 is 9.31 Å². The van der Waals surface area contributed by atoms with Gasteiger partial charge in [0, 0.05) is 11.2 Å². The van der Waals surface area contributed by atoms with Gasteiger partial charge in [0.05, 0.1) is 11.2 Å². The molecule has 0 saturated carbocycles. The summed E-state index contributed by atoms with van der Waals surface area (Å²) in [6.07, 6.45) is 0. The average Bonchev–Trinajstić information content (AvgIpc) is 2.47. The zero-order valence-corrected chi connectivity index (χ0v) is 13.2. The monoisotopic (exact) mass is 281 g/mol. The molecule has 1 fully saturated rings. The zero-order valence-electron chi connectivity index (χ0n) is 12.5. The van der Waals surface area contributed by atoms with E-state index in [1.807, 2.05) is 33.8 Å². The highest BCUT2D eigenvalue weighted by Gasteiger charge is 2.52. The van der Waals surface area contributed by atoms with E-state index in [-0.39, 0.29) is 24.2 Å². The van der Waals surface area contributed by atoms with Crippen LogP contribution in [0.15, 0.2) is 12.1 Å². The van der Waals surface area contributed by atoms with Crippen LogP contribution in [0.4, 0.5) is 0 Å². The third-order valence-electron chi connectivity index (χ3n) is 3.98. The molecule has 5 heteroatoms. The Morgan fingerprint density at radius 3 is 2.11 bits per heavy atom. The van der Waals surface area contributed by atoms with Gasteiger partial charge < -0.3 is 9.31 Å². The van der Waals surface area contributed by atoms with Crippen LogP contribution in [0.25, 0.3) is 0 Å². The lowest BCUT2D eigenvalue weighted by Gasteiger charge is -2.32. The average molecular weight is 282 g/mol. The molecule has 1 saturated heterocycles. The summed E-state index contributed by atoms with van der Waals surface area (Å²) in [5.74, 6) is 0.271. The van der Waals surface area contributed by atoms with Crippen LogP contribution in [-0.2, 0) is 9.31 Å². The smallest absolute Gasteiger partial charge is 0.399 e. The van der Waals surface area contributed by atoms with E-state index in [0.717, 1.165) is 11.2 Å². The minimum absolute atomic E-state index is 0.271. The molecule has 0 N–H and O–H groups in total. The number of rotatable bonds is 2. The van der Waals surface area contributed by atoms with Gasteiger partial charge in [0.1, 0.15) is 5.15 Å². The predicted octanol–water partition coefficient (Wildman–Crippen LogP) is 3.16. The summed E-state index contributed by atoms with van der Waals surface area (Å²) < 4.78 is 12.2. The molecule has 0 spiro atoms. The van der Waals surface area contributed by atoms with Gasteiger partial charge in [-0.15, -0.1) is 0 Å². The van der Waals surface area contributed by atoms with Crippen molar-refractivity contribution >= 4 is 24.2 Å². The van der Waals surface area contributed by atoms with E-state index >= 15 is 0 Å². The molecule has 2 heterocycles. The van der Waals surface area contributed by atoms with Gasteiger partial charge in [-0.05, 0) is 39.7 Å². The lowest BCUT2D eigenvalue weighted by molar-refractivity contribution is 0.00578. The normalized spacial score (nSPS) is 21.2. The van der Waals surface area contributed by atoms with Crippen molar-refractivity contribution in [3.8, 4) is 0 Å². The SMILES string of the molecule is CC(C)c1nc(Cl)ccc1B1OC(C)(C)C(C)(C)O1. The number of aromatic nitrogens is 1. The maximum Gasteiger partial charge on any atom is 0.496 e. The van der Waals surface area contributed by atoms with Crippen LogP contribution in [0.5, 0.6) is 0 Å². The molecule has 0 bridgehead atoms. The molecule has 0 unspecified atom stereocenters. The van der Waals surface area contributed by atoms with Gasteiger partial charge in [0.2, 0.25) is 0 Å². The third-order valence-corrected chi connectivity index (χ3v) is 4.19. The fourth-order valence-corrected chi connectivity index (χ4v) is 2.25. The van der Waals surface area contributed by atoms with Crippen LogP contribution in [0.1, 0.15) is 53.2 Å². The topological polar surface area (TPSA) is 31.4 Å². The van der Waals surface area contributed by atoms with Crippen molar-refractivity contribution in [1.29, 1.82) is 0 Å². The molecular weight excluding hydrogens is 260 g/mol. The minimum Gasteiger partial charge on any atom is -0.399 e. The van der Waals surface area contributed by atoms with Gasteiger partial charge in [-0.3, -0.25) is 0 Å². The van der Waals surface area contributed by atoms with Crippen molar-refractivity contribution in [2.45, 2.75) is 58.7 Å². The molecule has 1 aromatic heterocycles. The quantitative estimate of drug-likeness (QED) is 0.616. The van der Waals surface area contributed by atoms with Crippen molar-refractivity contribution in [3.63, 3.8) is 0 Å². The molecule has 1 aliphatic heterocycles. The molecule has 3 nitrogen and oxygen atoms in total. The van der Waals surface area contributed by atoms with Crippen LogP contribution in [-0.4, -0.2) is 23.3 Å². The summed E-state index contributed by atoms with van der Waals surface area (Å²) in [4.78, 5) is 4.42. The van der Waals surface area contributed by atoms with E-state index in [9.17, 15) is 0 Å². The van der Waals surface area contributed by atoms with Crippen LogP contribution in [0.3, 0.4) is 0 Å². The van der Waals surface area contributed by atoms with Gasteiger partial charge >= 0.3 is 7.12 Å². The number of hydrogen-bond donors (Lipinski definition) is 0. The molecule has 0 aromatic carbocycles. The Morgan fingerprint density at radius 1 is 1.11 bits per heavy atom. The van der Waals surface area contributed by atoms with Crippen molar-refractivity contribution in [2.75, 3.05) is 0 Å². The van der Waals surface area contributed by atoms with Gasteiger partial charge in [-0.25, -0.2) is 4.98 Å². The lowest BCUT2D eigenvalue weighted by atomic mass is 9.76. The molecule has 19 heavy (non-hydrogen) atoms. The van der Waals surface area contributed by atoms with Gasteiger partial charge in [0.15, 0.2) is 0 Å². The molecular formula is C14H21BClNO2. The fourth-order valence-electron chi connectivity index (χ4n) is 2.09. The number of hydrogen-bond acceptors (Lipinski definition) is 3. The summed E-state index contributed by atoms with van der Waals surface area (Å²) in [5, 5.41) is 0.504. The van der Waals surface area contributed by atoms with Crippen molar-refractivity contribution in [1.82, 2.24) is 4.98 Å². The first-order valence-corrected chi connectivity index (χ1v) is 7.04. The Balaban J connectivity index is 2.39. The summed E-state index contributed by atoms with van der Waals surface area (Å²) >= 11 is 5.99. The van der Waals surface area contributed by atoms with Crippen molar-refractivity contribution in [3.05, 3.63) is 23.0 Å². The highest BCUT2D eigenvalue weighted by Crippen LogP contribution is 2.37. The zero-order chi connectivity index (χ0) is 14.4. The molecule has 1 aromatic rings. The second kappa shape index (κ2) is 4.76. The summed E-state index contributed by atoms with van der Waals surface area (Å²) in [7, 11) is -0.382. The third kappa shape index (κ3) is 2.67. The highest BCUT2D eigenvalue weighted by atomic mass is 35.5. The van der Waals surface area contributed by atoms with E-state index in [4.69, 9.17) is 20.9 Å². The fraction of sp³-hybridized carbons (Fsp3) is 0.643. The molecule has 0 aliphatic carbocycles. The van der Waals surface area contributed by atoms with Gasteiger partial charge in [0.25, 0.3) is 0 Å². The van der Waals surface area contributed by atoms with Crippen LogP contribution in [0, 0.1) is 0 Å². The van der Waals surface area contributed by atoms with E-state index in [2.05, 4.69) is 18.8 Å². The second-order valence-electron chi connectivity index (χ2n) is 6.35. The standard InChI is InChI=1S/C14H21BClNO2/c1-9(2)12-10(7-8-11(16)17-12)15-18-13(3,4)14(5,6)19-15/h7-9H,1-6H3. The molecule has 0 amide bonds. The predicted molar refractivity (Wildman–Crippen MR) is 79.1 cm³/mol. The first-order chi connectivity index (χ1) is 8.64. The van der Waals surface area contributed by atoms with E-state index in [1.54, 1.807) is 6.07 Å². The first-order valence-electron chi connectivity index (χ1n) is 6.66.